The zero-order valence-corrected chi connectivity index (χ0v) is 18.4. The second kappa shape index (κ2) is 9.02. The van der Waals surface area contributed by atoms with Crippen LogP contribution in [0.25, 0.3) is 5.65 Å². The van der Waals surface area contributed by atoms with Crippen LogP contribution in [0.15, 0.2) is 55.0 Å². The van der Waals surface area contributed by atoms with E-state index in [4.69, 9.17) is 4.74 Å². The molecular weight excluding hydrogens is 405 g/mol. The molecule has 0 saturated carbocycles. The zero-order valence-electron chi connectivity index (χ0n) is 18.4. The van der Waals surface area contributed by atoms with Crippen LogP contribution in [-0.4, -0.2) is 46.5 Å². The summed E-state index contributed by atoms with van der Waals surface area (Å²) in [4.78, 5) is 20.2. The SMILES string of the molecule is O=C(N1CCC[C@@H](Cc2ccc3nccn3c2)CC1)C1(c2cccc(F)c2)CCOCC1. The normalized spacial score (nSPS) is 21.4. The molecule has 3 aromatic rings. The second-order valence-electron chi connectivity index (χ2n) is 9.23. The van der Waals surface area contributed by atoms with Gasteiger partial charge in [0.2, 0.25) is 5.91 Å². The molecule has 168 valence electrons. The van der Waals surface area contributed by atoms with Gasteiger partial charge in [-0.3, -0.25) is 4.79 Å². The van der Waals surface area contributed by atoms with Crippen molar-refractivity contribution >= 4 is 11.6 Å². The fraction of sp³-hybridized carbons (Fsp3) is 0.462. The van der Waals surface area contributed by atoms with Gasteiger partial charge >= 0.3 is 0 Å². The molecule has 4 heterocycles. The van der Waals surface area contributed by atoms with Gasteiger partial charge in [-0.05, 0) is 73.8 Å². The minimum absolute atomic E-state index is 0.145. The number of likely N-dealkylation sites (tertiary alicyclic amines) is 1. The highest BCUT2D eigenvalue weighted by Gasteiger charge is 2.44. The van der Waals surface area contributed by atoms with Gasteiger partial charge in [0, 0.05) is 44.9 Å². The van der Waals surface area contributed by atoms with Crippen molar-refractivity contribution in [2.75, 3.05) is 26.3 Å². The van der Waals surface area contributed by atoms with Crippen LogP contribution >= 0.6 is 0 Å². The summed E-state index contributed by atoms with van der Waals surface area (Å²) in [5, 5.41) is 0. The van der Waals surface area contributed by atoms with E-state index < -0.39 is 5.41 Å². The Hall–Kier alpha value is -2.73. The minimum atomic E-state index is -0.674. The highest BCUT2D eigenvalue weighted by atomic mass is 19.1. The van der Waals surface area contributed by atoms with E-state index in [0.29, 0.717) is 32.0 Å². The number of pyridine rings is 1. The number of ether oxygens (including phenoxy) is 1. The smallest absolute Gasteiger partial charge is 0.233 e. The van der Waals surface area contributed by atoms with Gasteiger partial charge in [0.1, 0.15) is 11.5 Å². The Balaban J connectivity index is 1.30. The maximum atomic E-state index is 14.0. The fourth-order valence-corrected chi connectivity index (χ4v) is 5.43. The van der Waals surface area contributed by atoms with Crippen LogP contribution in [0.5, 0.6) is 0 Å². The topological polar surface area (TPSA) is 46.8 Å². The molecule has 2 aliphatic heterocycles. The predicted molar refractivity (Wildman–Crippen MR) is 121 cm³/mol. The summed E-state index contributed by atoms with van der Waals surface area (Å²) in [5.74, 6) is 0.410. The first kappa shape index (κ1) is 21.1. The fourth-order valence-electron chi connectivity index (χ4n) is 5.43. The zero-order chi connectivity index (χ0) is 22.0. The summed E-state index contributed by atoms with van der Waals surface area (Å²) in [6, 6.07) is 10.8. The number of carbonyl (C=O) groups is 1. The summed E-state index contributed by atoms with van der Waals surface area (Å²) in [7, 11) is 0. The third-order valence-electron chi connectivity index (χ3n) is 7.24. The number of fused-ring (bicyclic) bond motifs is 1. The Morgan fingerprint density at radius 1 is 1.16 bits per heavy atom. The summed E-state index contributed by atoms with van der Waals surface area (Å²) in [5.41, 5.74) is 2.39. The summed E-state index contributed by atoms with van der Waals surface area (Å²) >= 11 is 0. The van der Waals surface area contributed by atoms with E-state index in [9.17, 15) is 9.18 Å². The molecule has 2 aliphatic rings. The van der Waals surface area contributed by atoms with E-state index in [1.54, 1.807) is 6.07 Å². The lowest BCUT2D eigenvalue weighted by Crippen LogP contribution is -2.50. The van der Waals surface area contributed by atoms with Gasteiger partial charge < -0.3 is 14.0 Å². The Kier molecular flexibility index (Phi) is 5.96. The first-order chi connectivity index (χ1) is 15.6. The van der Waals surface area contributed by atoms with Gasteiger partial charge in [-0.15, -0.1) is 0 Å². The number of hydrogen-bond acceptors (Lipinski definition) is 3. The molecule has 5 nitrogen and oxygen atoms in total. The first-order valence-electron chi connectivity index (χ1n) is 11.7. The molecule has 0 spiro atoms. The Labute approximate surface area is 188 Å². The number of rotatable bonds is 4. The molecule has 0 unspecified atom stereocenters. The van der Waals surface area contributed by atoms with Crippen molar-refractivity contribution in [3.63, 3.8) is 0 Å². The monoisotopic (exact) mass is 435 g/mol. The summed E-state index contributed by atoms with van der Waals surface area (Å²) in [6.07, 6.45) is 11.3. The minimum Gasteiger partial charge on any atom is -0.381 e. The number of carbonyl (C=O) groups excluding carboxylic acids is 1. The van der Waals surface area contributed by atoms with Gasteiger partial charge in [0.05, 0.1) is 5.41 Å². The van der Waals surface area contributed by atoms with Crippen molar-refractivity contribution in [2.45, 2.75) is 43.9 Å². The molecule has 6 heteroatoms. The third kappa shape index (κ3) is 4.16. The Bertz CT molecular complexity index is 1090. The molecule has 1 atom stereocenters. The molecule has 5 rings (SSSR count). The molecule has 1 aromatic carbocycles. The van der Waals surface area contributed by atoms with Crippen LogP contribution in [0.1, 0.15) is 43.2 Å². The summed E-state index contributed by atoms with van der Waals surface area (Å²) in [6.45, 7) is 2.60. The molecule has 2 aromatic heterocycles. The van der Waals surface area contributed by atoms with E-state index in [0.717, 1.165) is 50.0 Å². The van der Waals surface area contributed by atoms with Crippen LogP contribution in [-0.2, 0) is 21.4 Å². The van der Waals surface area contributed by atoms with Crippen LogP contribution in [0, 0.1) is 11.7 Å². The predicted octanol–water partition coefficient (Wildman–Crippen LogP) is 4.39. The van der Waals surface area contributed by atoms with E-state index in [2.05, 4.69) is 27.7 Å². The molecule has 0 radical (unpaired) electrons. The molecule has 2 fully saturated rings. The number of imidazole rings is 1. The lowest BCUT2D eigenvalue weighted by atomic mass is 9.73. The van der Waals surface area contributed by atoms with Crippen LogP contribution in [0.4, 0.5) is 4.39 Å². The highest BCUT2D eigenvalue weighted by molar-refractivity contribution is 5.88. The van der Waals surface area contributed by atoms with Gasteiger partial charge in [-0.2, -0.15) is 0 Å². The number of halogens is 1. The van der Waals surface area contributed by atoms with Crippen molar-refractivity contribution < 1.29 is 13.9 Å². The number of aromatic nitrogens is 2. The van der Waals surface area contributed by atoms with E-state index >= 15 is 0 Å². The number of nitrogens with zero attached hydrogens (tertiary/aromatic N) is 3. The van der Waals surface area contributed by atoms with Crippen LogP contribution in [0.3, 0.4) is 0 Å². The third-order valence-corrected chi connectivity index (χ3v) is 7.24. The van der Waals surface area contributed by atoms with Crippen molar-refractivity contribution in [1.82, 2.24) is 14.3 Å². The lowest BCUT2D eigenvalue weighted by molar-refractivity contribution is -0.141. The van der Waals surface area contributed by atoms with E-state index in [-0.39, 0.29) is 11.7 Å². The van der Waals surface area contributed by atoms with Gasteiger partial charge in [0.15, 0.2) is 0 Å². The molecule has 32 heavy (non-hydrogen) atoms. The quantitative estimate of drug-likeness (QED) is 0.611. The number of benzene rings is 1. The Morgan fingerprint density at radius 3 is 2.88 bits per heavy atom. The lowest BCUT2D eigenvalue weighted by Gasteiger charge is -2.40. The number of hydrogen-bond donors (Lipinski definition) is 0. The molecule has 0 aliphatic carbocycles. The molecule has 0 bridgehead atoms. The second-order valence-corrected chi connectivity index (χ2v) is 9.23. The molecule has 0 N–H and O–H groups in total. The van der Waals surface area contributed by atoms with Crippen molar-refractivity contribution in [3.8, 4) is 0 Å². The Morgan fingerprint density at radius 2 is 2.03 bits per heavy atom. The largest absolute Gasteiger partial charge is 0.381 e. The van der Waals surface area contributed by atoms with Crippen LogP contribution < -0.4 is 0 Å². The van der Waals surface area contributed by atoms with E-state index in [1.165, 1.54) is 17.7 Å². The van der Waals surface area contributed by atoms with Crippen molar-refractivity contribution in [3.05, 3.63) is 71.9 Å². The van der Waals surface area contributed by atoms with Gasteiger partial charge in [-0.25, -0.2) is 9.37 Å². The maximum Gasteiger partial charge on any atom is 0.233 e. The summed E-state index contributed by atoms with van der Waals surface area (Å²) < 4.78 is 21.7. The average molecular weight is 436 g/mol. The van der Waals surface area contributed by atoms with Crippen LogP contribution in [0.2, 0.25) is 0 Å². The number of amides is 1. The maximum absolute atomic E-state index is 14.0. The standard InChI is InChI=1S/C26H30FN3O2/c27-23-5-1-4-22(18-23)26(9-15-32-16-10-26)25(31)29-12-2-3-20(8-13-29)17-21-6-7-24-28-11-14-30(24)19-21/h1,4-7,11,14,18-20H,2-3,8-10,12-13,15-17H2/t20-/m1/s1. The van der Waals surface area contributed by atoms with E-state index in [1.807, 2.05) is 23.4 Å². The molecular formula is C26H30FN3O2. The van der Waals surface area contributed by atoms with Crippen molar-refractivity contribution in [2.24, 2.45) is 5.92 Å². The highest BCUT2D eigenvalue weighted by Crippen LogP contribution is 2.38. The van der Waals surface area contributed by atoms with Crippen molar-refractivity contribution in [1.29, 1.82) is 0 Å². The first-order valence-corrected chi connectivity index (χ1v) is 11.7. The average Bonchev–Trinajstić information content (AvgIpc) is 3.16. The van der Waals surface area contributed by atoms with Gasteiger partial charge in [0.25, 0.3) is 0 Å². The van der Waals surface area contributed by atoms with Gasteiger partial charge in [-0.1, -0.05) is 18.2 Å². The molecule has 2 saturated heterocycles. The molecule has 1 amide bonds.